The van der Waals surface area contributed by atoms with Crippen LogP contribution in [0.25, 0.3) is 0 Å². The quantitative estimate of drug-likeness (QED) is 0.142. The molecule has 16 heteroatoms. The molecule has 3 rings (SSSR count). The summed E-state index contributed by atoms with van der Waals surface area (Å²) in [7, 11) is 0. The van der Waals surface area contributed by atoms with E-state index in [1.165, 1.54) is 6.92 Å². The van der Waals surface area contributed by atoms with Crippen LogP contribution in [0.5, 0.6) is 0 Å². The fraction of sp³-hybridized carbons (Fsp3) is 0.870. The Labute approximate surface area is 226 Å². The Balaban J connectivity index is 1.80. The summed E-state index contributed by atoms with van der Waals surface area (Å²) in [5.41, 5.74) is 2.20. The largest absolute Gasteiger partial charge is 0.465 e. The first-order chi connectivity index (χ1) is 18.2. The molecule has 3 fully saturated rings. The summed E-state index contributed by atoms with van der Waals surface area (Å²) in [6.45, 7) is 0.973. The minimum atomic E-state index is -4.66. The van der Waals surface area contributed by atoms with Gasteiger partial charge >= 0.3 is 18.3 Å². The van der Waals surface area contributed by atoms with Crippen molar-refractivity contribution < 1.29 is 45.1 Å². The van der Waals surface area contributed by atoms with E-state index in [1.54, 1.807) is 0 Å². The summed E-state index contributed by atoms with van der Waals surface area (Å²) in [4.78, 5) is 29.2. The Bertz CT molecular complexity index is 873. The summed E-state index contributed by atoms with van der Waals surface area (Å²) >= 11 is 6.12. The molecular formula is C23H33ClF7N5O3. The van der Waals surface area contributed by atoms with Crippen molar-refractivity contribution in [3.8, 4) is 0 Å². The van der Waals surface area contributed by atoms with Gasteiger partial charge in [-0.05, 0) is 51.9 Å². The van der Waals surface area contributed by atoms with Crippen LogP contribution in [0.15, 0.2) is 4.99 Å². The van der Waals surface area contributed by atoms with Crippen molar-refractivity contribution in [1.82, 2.24) is 21.1 Å². The van der Waals surface area contributed by atoms with Crippen LogP contribution in [0.2, 0.25) is 0 Å². The normalized spacial score (nSPS) is 33.1. The summed E-state index contributed by atoms with van der Waals surface area (Å²) in [5, 5.41) is 5.78. The van der Waals surface area contributed by atoms with Gasteiger partial charge in [-0.1, -0.05) is 0 Å². The predicted molar refractivity (Wildman–Crippen MR) is 127 cm³/mol. The molecule has 1 aliphatic heterocycles. The average Bonchev–Trinajstić information content (AvgIpc) is 3.20. The van der Waals surface area contributed by atoms with E-state index < -0.39 is 78.8 Å². The van der Waals surface area contributed by atoms with Gasteiger partial charge in [0, 0.05) is 23.8 Å². The van der Waals surface area contributed by atoms with E-state index in [0.29, 0.717) is 0 Å². The van der Waals surface area contributed by atoms with Crippen molar-refractivity contribution in [1.29, 1.82) is 0 Å². The van der Waals surface area contributed by atoms with Crippen LogP contribution in [-0.2, 0) is 14.3 Å². The highest BCUT2D eigenvalue weighted by atomic mass is 35.5. The second-order valence-corrected chi connectivity index (χ2v) is 10.8. The summed E-state index contributed by atoms with van der Waals surface area (Å²) in [6.07, 6.45) is -12.3. The highest BCUT2D eigenvalue weighted by Gasteiger charge is 2.48. The molecule has 224 valence electrons. The Morgan fingerprint density at radius 2 is 1.69 bits per heavy atom. The van der Waals surface area contributed by atoms with Crippen LogP contribution in [0.1, 0.15) is 58.3 Å². The number of ether oxygens (including phenoxy) is 1. The molecule has 0 aromatic carbocycles. The number of alkyl halides is 8. The molecule has 3 aliphatic rings. The van der Waals surface area contributed by atoms with Crippen LogP contribution in [0.3, 0.4) is 0 Å². The van der Waals surface area contributed by atoms with Crippen molar-refractivity contribution in [2.24, 2.45) is 16.8 Å². The maximum Gasteiger partial charge on any atom is 0.405 e. The van der Waals surface area contributed by atoms with Crippen LogP contribution >= 0.6 is 11.6 Å². The summed E-state index contributed by atoms with van der Waals surface area (Å²) in [6, 6.07) is -2.64. The third-order valence-electron chi connectivity index (χ3n) is 7.14. The molecule has 1 saturated heterocycles. The highest BCUT2D eigenvalue weighted by Crippen LogP contribution is 2.39. The number of rotatable bonds is 6. The maximum absolute atomic E-state index is 14.1. The molecule has 0 bridgehead atoms. The van der Waals surface area contributed by atoms with Gasteiger partial charge in [-0.3, -0.25) is 14.9 Å². The van der Waals surface area contributed by atoms with Gasteiger partial charge in [0.25, 0.3) is 0 Å². The van der Waals surface area contributed by atoms with Crippen LogP contribution in [0, 0.1) is 11.8 Å². The van der Waals surface area contributed by atoms with Crippen LogP contribution < -0.4 is 16.1 Å². The lowest BCUT2D eigenvalue weighted by molar-refractivity contribution is -0.184. The van der Waals surface area contributed by atoms with Gasteiger partial charge in [0.1, 0.15) is 24.9 Å². The van der Waals surface area contributed by atoms with Crippen molar-refractivity contribution in [2.45, 2.75) is 100 Å². The number of nitrogens with zero attached hydrogens (tertiary/aromatic N) is 2. The number of esters is 1. The van der Waals surface area contributed by atoms with Gasteiger partial charge in [0.15, 0.2) is 5.96 Å². The van der Waals surface area contributed by atoms with Crippen molar-refractivity contribution in [3.63, 3.8) is 0 Å². The topological polar surface area (TPSA) is 95.1 Å². The van der Waals surface area contributed by atoms with E-state index in [1.807, 2.05) is 0 Å². The minimum Gasteiger partial charge on any atom is -0.465 e. The molecule has 0 radical (unpaired) electrons. The van der Waals surface area contributed by atoms with Crippen LogP contribution in [-0.4, -0.2) is 78.1 Å². The molecule has 0 aromatic heterocycles. The minimum absolute atomic E-state index is 0.00836. The number of amides is 1. The molecule has 1 heterocycles. The third-order valence-corrected chi connectivity index (χ3v) is 7.50. The lowest BCUT2D eigenvalue weighted by Crippen LogP contribution is -2.52. The van der Waals surface area contributed by atoms with Gasteiger partial charge in [-0.25, -0.2) is 19.8 Å². The van der Waals surface area contributed by atoms with Gasteiger partial charge < -0.3 is 10.1 Å². The Hall–Kier alpha value is -1.87. The van der Waals surface area contributed by atoms with Gasteiger partial charge in [0.05, 0.1) is 12.5 Å². The van der Waals surface area contributed by atoms with Gasteiger partial charge in [-0.15, -0.1) is 11.6 Å². The molecule has 3 N–H and O–H groups in total. The van der Waals surface area contributed by atoms with E-state index >= 15 is 0 Å². The molecular weight excluding hydrogens is 563 g/mol. The lowest BCUT2D eigenvalue weighted by atomic mass is 9.81. The van der Waals surface area contributed by atoms with E-state index in [0.717, 1.165) is 5.01 Å². The number of nitrogens with one attached hydrogen (secondary N) is 3. The third kappa shape index (κ3) is 9.34. The number of hydrogen-bond acceptors (Lipinski definition) is 6. The molecule has 39 heavy (non-hydrogen) atoms. The van der Waals surface area contributed by atoms with Crippen molar-refractivity contribution >= 4 is 29.4 Å². The number of hydrogen-bond donors (Lipinski definition) is 3. The van der Waals surface area contributed by atoms with Gasteiger partial charge in [-0.2, -0.15) is 26.3 Å². The lowest BCUT2D eigenvalue weighted by Gasteiger charge is -2.32. The van der Waals surface area contributed by atoms with E-state index in [9.17, 15) is 40.3 Å². The zero-order chi connectivity index (χ0) is 29.0. The average molecular weight is 596 g/mol. The maximum atomic E-state index is 14.1. The summed E-state index contributed by atoms with van der Waals surface area (Å²) < 4.78 is 98.5. The molecule has 1 amide bonds. The number of aliphatic imine (C=N–C) groups is 1. The molecule has 2 aliphatic carbocycles. The molecule has 5 atom stereocenters. The SMILES string of the molecule is CCOC(=O)CN1NC(C(F)(F)F)CC1/N=C(/NC(=O)C1CCC(C(F)(F)F)CC1)NC1CC(F)CC(Cl)C1. The second-order valence-electron chi connectivity index (χ2n) is 10.2. The first-order valence-electron chi connectivity index (χ1n) is 12.9. The first-order valence-corrected chi connectivity index (χ1v) is 13.3. The molecule has 8 nitrogen and oxygen atoms in total. The highest BCUT2D eigenvalue weighted by molar-refractivity contribution is 6.20. The van der Waals surface area contributed by atoms with Crippen molar-refractivity contribution in [2.75, 3.05) is 13.2 Å². The number of carbonyl (C=O) groups excluding carboxylic acids is 2. The zero-order valence-corrected chi connectivity index (χ0v) is 22.0. The number of carbonyl (C=O) groups is 2. The van der Waals surface area contributed by atoms with E-state index in [2.05, 4.69) is 21.1 Å². The first kappa shape index (κ1) is 31.7. The monoisotopic (exact) mass is 595 g/mol. The smallest absolute Gasteiger partial charge is 0.405 e. The Morgan fingerprint density at radius 3 is 2.26 bits per heavy atom. The fourth-order valence-corrected chi connectivity index (χ4v) is 5.56. The summed E-state index contributed by atoms with van der Waals surface area (Å²) in [5.74, 6) is -3.98. The van der Waals surface area contributed by atoms with E-state index in [4.69, 9.17) is 16.3 Å². The number of guanidine groups is 1. The second kappa shape index (κ2) is 13.2. The Morgan fingerprint density at radius 1 is 1.03 bits per heavy atom. The Kier molecular flexibility index (Phi) is 10.7. The predicted octanol–water partition coefficient (Wildman–Crippen LogP) is 3.95. The van der Waals surface area contributed by atoms with Crippen LogP contribution in [0.4, 0.5) is 30.7 Å². The zero-order valence-electron chi connectivity index (χ0n) is 21.3. The van der Waals surface area contributed by atoms with Crippen molar-refractivity contribution in [3.05, 3.63) is 0 Å². The fourth-order valence-electron chi connectivity index (χ4n) is 5.15. The van der Waals surface area contributed by atoms with Gasteiger partial charge in [0.2, 0.25) is 5.91 Å². The molecule has 0 spiro atoms. The van der Waals surface area contributed by atoms with E-state index in [-0.39, 0.29) is 57.5 Å². The standard InChI is InChI=1S/C23H33ClF7N5O3/c1-2-39-19(37)11-36-18(10-17(35-36)23(29,30)31)33-21(32-16-8-14(24)7-15(25)9-16)34-20(38)12-3-5-13(6-4-12)22(26,27)28/h12-18,35H,2-11H2,1H3,(H2,32,33,34,38). The number of halogens is 8. The molecule has 5 unspecified atom stereocenters. The number of hydrazine groups is 1. The molecule has 0 aromatic rings. The molecule has 2 saturated carbocycles.